The molecule has 1 aromatic heterocycles. The maximum Gasteiger partial charge on any atom is 0.337 e. The third-order valence-electron chi connectivity index (χ3n) is 1.28. The molecule has 0 radical (unpaired) electrons. The van der Waals surface area contributed by atoms with Crippen LogP contribution >= 0.6 is 28.3 Å². The second-order valence-electron chi connectivity index (χ2n) is 2.18. The summed E-state index contributed by atoms with van der Waals surface area (Å²) in [6.07, 6.45) is 1.32. The van der Waals surface area contributed by atoms with Gasteiger partial charge in [-0.05, 0) is 22.0 Å². The van der Waals surface area contributed by atoms with Crippen molar-refractivity contribution < 1.29 is 15.0 Å². The number of aliphatic hydroxyl groups excluding tert-OH is 1. The zero-order chi connectivity index (χ0) is 9.14. The van der Waals surface area contributed by atoms with Crippen LogP contribution in [0.3, 0.4) is 0 Å². The van der Waals surface area contributed by atoms with Gasteiger partial charge < -0.3 is 10.2 Å². The smallest absolute Gasteiger partial charge is 0.337 e. The topological polar surface area (TPSA) is 70.4 Å². The SMILES string of the molecule is Cl.O=C(O)C(O)c1cncc(Br)c1. The van der Waals surface area contributed by atoms with Gasteiger partial charge in [0, 0.05) is 22.4 Å². The van der Waals surface area contributed by atoms with E-state index in [-0.39, 0.29) is 18.0 Å². The lowest BCUT2D eigenvalue weighted by molar-refractivity contribution is -0.146. The fourth-order valence-corrected chi connectivity index (χ4v) is 1.10. The monoisotopic (exact) mass is 267 g/mol. The molecule has 1 unspecified atom stereocenters. The van der Waals surface area contributed by atoms with Crippen LogP contribution in [0.15, 0.2) is 22.9 Å². The number of hydrogen-bond donors (Lipinski definition) is 2. The van der Waals surface area contributed by atoms with Crippen LogP contribution in [0.5, 0.6) is 0 Å². The van der Waals surface area contributed by atoms with Crippen molar-refractivity contribution in [2.45, 2.75) is 6.10 Å². The Morgan fingerprint density at radius 2 is 2.15 bits per heavy atom. The Morgan fingerprint density at radius 1 is 1.54 bits per heavy atom. The van der Waals surface area contributed by atoms with Gasteiger partial charge in [0.05, 0.1) is 0 Å². The minimum Gasteiger partial charge on any atom is -0.479 e. The molecule has 0 spiro atoms. The molecule has 1 heterocycles. The van der Waals surface area contributed by atoms with E-state index in [2.05, 4.69) is 20.9 Å². The van der Waals surface area contributed by atoms with Crippen LogP contribution in [0, 0.1) is 0 Å². The van der Waals surface area contributed by atoms with Gasteiger partial charge >= 0.3 is 5.97 Å². The first-order valence-electron chi connectivity index (χ1n) is 3.12. The van der Waals surface area contributed by atoms with E-state index in [4.69, 9.17) is 10.2 Å². The second kappa shape index (κ2) is 5.16. The van der Waals surface area contributed by atoms with Crippen molar-refractivity contribution in [3.8, 4) is 0 Å². The Labute approximate surface area is 89.2 Å². The summed E-state index contributed by atoms with van der Waals surface area (Å²) in [4.78, 5) is 14.0. The predicted octanol–water partition coefficient (Wildman–Crippen LogP) is 1.38. The number of pyridine rings is 1. The van der Waals surface area contributed by atoms with E-state index >= 15 is 0 Å². The van der Waals surface area contributed by atoms with Crippen molar-refractivity contribution in [3.63, 3.8) is 0 Å². The molecule has 1 atom stereocenters. The maximum absolute atomic E-state index is 10.3. The van der Waals surface area contributed by atoms with Crippen molar-refractivity contribution in [2.24, 2.45) is 0 Å². The van der Waals surface area contributed by atoms with Crippen LogP contribution in [0.2, 0.25) is 0 Å². The second-order valence-corrected chi connectivity index (χ2v) is 3.09. The van der Waals surface area contributed by atoms with E-state index in [9.17, 15) is 4.79 Å². The minimum atomic E-state index is -1.50. The highest BCUT2D eigenvalue weighted by molar-refractivity contribution is 9.10. The molecule has 2 N–H and O–H groups in total. The molecule has 0 aliphatic rings. The maximum atomic E-state index is 10.3. The molecule has 72 valence electrons. The molecule has 1 rings (SSSR count). The van der Waals surface area contributed by atoms with E-state index in [1.165, 1.54) is 18.5 Å². The molecule has 4 nitrogen and oxygen atoms in total. The Hall–Kier alpha value is -0.650. The van der Waals surface area contributed by atoms with Crippen molar-refractivity contribution >= 4 is 34.3 Å². The highest BCUT2D eigenvalue weighted by atomic mass is 79.9. The van der Waals surface area contributed by atoms with E-state index < -0.39 is 12.1 Å². The lowest BCUT2D eigenvalue weighted by Gasteiger charge is -2.04. The molecule has 0 aliphatic carbocycles. The van der Waals surface area contributed by atoms with Gasteiger partial charge in [-0.2, -0.15) is 0 Å². The zero-order valence-electron chi connectivity index (χ0n) is 6.35. The van der Waals surface area contributed by atoms with E-state index in [0.29, 0.717) is 4.47 Å². The lowest BCUT2D eigenvalue weighted by Crippen LogP contribution is -2.10. The number of carbonyl (C=O) groups is 1. The first kappa shape index (κ1) is 12.3. The summed E-state index contributed by atoms with van der Waals surface area (Å²) < 4.78 is 0.639. The Bertz CT molecular complexity index is 308. The summed E-state index contributed by atoms with van der Waals surface area (Å²) in [6, 6.07) is 1.51. The van der Waals surface area contributed by atoms with Crippen LogP contribution in [0.4, 0.5) is 0 Å². The molecule has 0 saturated carbocycles. The molecule has 13 heavy (non-hydrogen) atoms. The van der Waals surface area contributed by atoms with Crippen molar-refractivity contribution in [2.75, 3.05) is 0 Å². The van der Waals surface area contributed by atoms with E-state index in [1.54, 1.807) is 0 Å². The van der Waals surface area contributed by atoms with Gasteiger partial charge in [-0.15, -0.1) is 12.4 Å². The van der Waals surface area contributed by atoms with Gasteiger partial charge in [0.1, 0.15) is 0 Å². The first-order valence-corrected chi connectivity index (χ1v) is 3.92. The standard InChI is InChI=1S/C7H6BrNO3.ClH/c8-5-1-4(2-9-3-5)6(10)7(11)12;/h1-3,6,10H,(H,11,12);1H. The van der Waals surface area contributed by atoms with Gasteiger partial charge in [-0.25, -0.2) is 4.79 Å². The fraction of sp³-hybridized carbons (Fsp3) is 0.143. The third-order valence-corrected chi connectivity index (χ3v) is 1.71. The van der Waals surface area contributed by atoms with Gasteiger partial charge in [0.15, 0.2) is 6.10 Å². The largest absolute Gasteiger partial charge is 0.479 e. The number of aromatic nitrogens is 1. The van der Waals surface area contributed by atoms with Crippen LogP contribution in [-0.2, 0) is 4.79 Å². The highest BCUT2D eigenvalue weighted by Gasteiger charge is 2.15. The van der Waals surface area contributed by atoms with Crippen molar-refractivity contribution in [3.05, 3.63) is 28.5 Å². The molecule has 0 amide bonds. The predicted molar refractivity (Wildman–Crippen MR) is 51.8 cm³/mol. The number of carboxylic acids is 1. The van der Waals surface area contributed by atoms with Gasteiger partial charge in [0.25, 0.3) is 0 Å². The molecule has 0 saturated heterocycles. The van der Waals surface area contributed by atoms with Gasteiger partial charge in [0.2, 0.25) is 0 Å². The molecule has 1 aromatic rings. The van der Waals surface area contributed by atoms with Crippen molar-refractivity contribution in [1.82, 2.24) is 4.98 Å². The molecule has 6 heteroatoms. The molecule has 0 aliphatic heterocycles. The van der Waals surface area contributed by atoms with Gasteiger partial charge in [-0.1, -0.05) is 0 Å². The van der Waals surface area contributed by atoms with Crippen LogP contribution in [0.1, 0.15) is 11.7 Å². The number of carboxylic acid groups (broad SMARTS) is 1. The highest BCUT2D eigenvalue weighted by Crippen LogP contribution is 2.16. The molecule has 0 fully saturated rings. The summed E-state index contributed by atoms with van der Waals surface area (Å²) in [7, 11) is 0. The summed E-state index contributed by atoms with van der Waals surface area (Å²) >= 11 is 3.11. The van der Waals surface area contributed by atoms with E-state index in [1.807, 2.05) is 0 Å². The van der Waals surface area contributed by atoms with Crippen LogP contribution < -0.4 is 0 Å². The minimum absolute atomic E-state index is 0. The zero-order valence-corrected chi connectivity index (χ0v) is 8.75. The summed E-state index contributed by atoms with van der Waals surface area (Å²) in [5, 5.41) is 17.5. The lowest BCUT2D eigenvalue weighted by atomic mass is 10.2. The molecule has 0 aromatic carbocycles. The molecule has 0 bridgehead atoms. The van der Waals surface area contributed by atoms with Crippen LogP contribution in [-0.4, -0.2) is 21.2 Å². The normalized spacial score (nSPS) is 11.5. The Kier molecular flexibility index (Phi) is 4.90. The van der Waals surface area contributed by atoms with Crippen molar-refractivity contribution in [1.29, 1.82) is 0 Å². The molecular formula is C7H7BrClNO3. The summed E-state index contributed by atoms with van der Waals surface area (Å²) in [6.45, 7) is 0. The number of nitrogens with zero attached hydrogens (tertiary/aromatic N) is 1. The van der Waals surface area contributed by atoms with Crippen LogP contribution in [0.25, 0.3) is 0 Å². The Balaban J connectivity index is 0.00000144. The number of aliphatic carboxylic acids is 1. The Morgan fingerprint density at radius 3 is 2.62 bits per heavy atom. The average molecular weight is 268 g/mol. The van der Waals surface area contributed by atoms with E-state index in [0.717, 1.165) is 0 Å². The van der Waals surface area contributed by atoms with Gasteiger partial charge in [-0.3, -0.25) is 4.98 Å². The summed E-state index contributed by atoms with van der Waals surface area (Å²) in [5.41, 5.74) is 0.261. The summed E-state index contributed by atoms with van der Waals surface area (Å²) in [5.74, 6) is -1.28. The third kappa shape index (κ3) is 3.30. The number of halogens is 2. The number of hydrogen-bond acceptors (Lipinski definition) is 3. The fourth-order valence-electron chi connectivity index (χ4n) is 0.720. The number of rotatable bonds is 2. The average Bonchev–Trinajstić information content (AvgIpc) is 2.03. The quantitative estimate of drug-likeness (QED) is 0.850. The first-order chi connectivity index (χ1) is 5.61. The molecular weight excluding hydrogens is 261 g/mol. The number of aliphatic hydroxyl groups is 1.